The fourth-order valence-corrected chi connectivity index (χ4v) is 4.18. The number of halogens is 1. The predicted octanol–water partition coefficient (Wildman–Crippen LogP) is 3.66. The third-order valence-electron chi connectivity index (χ3n) is 5.50. The lowest BCUT2D eigenvalue weighted by atomic mass is 9.98. The van der Waals surface area contributed by atoms with E-state index < -0.39 is 17.8 Å². The molecule has 0 N–H and O–H groups in total. The number of nitrogens with zero attached hydrogens (tertiary/aromatic N) is 1. The van der Waals surface area contributed by atoms with Crippen molar-refractivity contribution in [2.75, 3.05) is 13.2 Å². The Balaban J connectivity index is 1.73. The molecule has 5 nitrogen and oxygen atoms in total. The second-order valence-corrected chi connectivity index (χ2v) is 7.19. The highest BCUT2D eigenvalue weighted by Crippen LogP contribution is 2.39. The maximum absolute atomic E-state index is 14.7. The van der Waals surface area contributed by atoms with E-state index in [1.54, 1.807) is 42.5 Å². The molecular formula is C22H18FNO4. The van der Waals surface area contributed by atoms with Gasteiger partial charge in [0.2, 0.25) is 5.76 Å². The maximum Gasteiger partial charge on any atom is 0.291 e. The van der Waals surface area contributed by atoms with Gasteiger partial charge in [-0.1, -0.05) is 30.3 Å². The molecule has 1 aromatic heterocycles. The van der Waals surface area contributed by atoms with Gasteiger partial charge in [0.05, 0.1) is 23.1 Å². The zero-order chi connectivity index (χ0) is 19.3. The summed E-state index contributed by atoms with van der Waals surface area (Å²) in [5, 5.41) is 0.384. The largest absolute Gasteiger partial charge is 0.450 e. The lowest BCUT2D eigenvalue weighted by molar-refractivity contribution is 0.0483. The SMILES string of the molecule is O=C1c2oc3ccccc3c(=O)c2[C@H](c2ccccc2F)N1C[C@@H]1CCCO1. The Morgan fingerprint density at radius 2 is 1.86 bits per heavy atom. The van der Waals surface area contributed by atoms with Gasteiger partial charge in [-0.2, -0.15) is 0 Å². The number of hydrogen-bond acceptors (Lipinski definition) is 4. The van der Waals surface area contributed by atoms with Crippen molar-refractivity contribution in [3.63, 3.8) is 0 Å². The van der Waals surface area contributed by atoms with Crippen LogP contribution in [-0.2, 0) is 4.74 Å². The van der Waals surface area contributed by atoms with Crippen molar-refractivity contribution >= 4 is 16.9 Å². The van der Waals surface area contributed by atoms with Gasteiger partial charge in [0.15, 0.2) is 5.43 Å². The monoisotopic (exact) mass is 379 g/mol. The maximum atomic E-state index is 14.7. The van der Waals surface area contributed by atoms with Crippen molar-refractivity contribution in [2.24, 2.45) is 0 Å². The number of rotatable bonds is 3. The molecule has 28 heavy (non-hydrogen) atoms. The van der Waals surface area contributed by atoms with Crippen LogP contribution in [0.2, 0.25) is 0 Å². The van der Waals surface area contributed by atoms with Crippen LogP contribution < -0.4 is 5.43 Å². The highest BCUT2D eigenvalue weighted by molar-refractivity contribution is 5.99. The number of amides is 1. The Morgan fingerprint density at radius 1 is 1.07 bits per heavy atom. The number of benzene rings is 2. The Bertz CT molecular complexity index is 1130. The van der Waals surface area contributed by atoms with Gasteiger partial charge in [0.25, 0.3) is 5.91 Å². The lowest BCUT2D eigenvalue weighted by Crippen LogP contribution is -2.36. The van der Waals surface area contributed by atoms with E-state index in [4.69, 9.17) is 9.15 Å². The zero-order valence-electron chi connectivity index (χ0n) is 15.1. The van der Waals surface area contributed by atoms with Gasteiger partial charge in [-0.05, 0) is 31.0 Å². The van der Waals surface area contributed by atoms with Crippen molar-refractivity contribution in [3.05, 3.63) is 81.5 Å². The van der Waals surface area contributed by atoms with E-state index in [0.717, 1.165) is 12.8 Å². The third kappa shape index (κ3) is 2.56. The first-order chi connectivity index (χ1) is 13.6. The summed E-state index contributed by atoms with van der Waals surface area (Å²) in [6.07, 6.45) is 1.62. The molecule has 3 aromatic rings. The number of carbonyl (C=O) groups excluding carboxylic acids is 1. The fourth-order valence-electron chi connectivity index (χ4n) is 4.18. The van der Waals surface area contributed by atoms with Gasteiger partial charge < -0.3 is 14.1 Å². The van der Waals surface area contributed by atoms with Crippen LogP contribution in [0.4, 0.5) is 4.39 Å². The zero-order valence-corrected chi connectivity index (χ0v) is 15.1. The normalized spacial score (nSPS) is 21.5. The molecular weight excluding hydrogens is 361 g/mol. The minimum Gasteiger partial charge on any atom is -0.450 e. The smallest absolute Gasteiger partial charge is 0.291 e. The van der Waals surface area contributed by atoms with E-state index >= 15 is 0 Å². The third-order valence-corrected chi connectivity index (χ3v) is 5.50. The van der Waals surface area contributed by atoms with E-state index in [1.807, 2.05) is 0 Å². The number of hydrogen-bond donors (Lipinski definition) is 0. The van der Waals surface area contributed by atoms with Gasteiger partial charge in [0, 0.05) is 18.7 Å². The standard InChI is InChI=1S/C22H18FNO4/c23-16-9-3-1-7-14(16)19-18-20(25)15-8-2-4-10-17(15)28-21(18)22(26)24(19)12-13-6-5-11-27-13/h1-4,7-10,13,19H,5-6,11-12H2/t13-,19-/m0/s1. The van der Waals surface area contributed by atoms with Crippen LogP contribution in [0.25, 0.3) is 11.0 Å². The molecule has 0 radical (unpaired) electrons. The summed E-state index contributed by atoms with van der Waals surface area (Å²) in [5.74, 6) is -0.866. The number of fused-ring (bicyclic) bond motifs is 2. The molecule has 2 aliphatic heterocycles. The highest BCUT2D eigenvalue weighted by Gasteiger charge is 2.44. The van der Waals surface area contributed by atoms with Gasteiger partial charge in [-0.3, -0.25) is 9.59 Å². The van der Waals surface area contributed by atoms with E-state index in [1.165, 1.54) is 11.0 Å². The summed E-state index contributed by atoms with van der Waals surface area (Å²) in [6, 6.07) is 12.2. The molecule has 0 aliphatic carbocycles. The van der Waals surface area contributed by atoms with Gasteiger partial charge in [-0.25, -0.2) is 4.39 Å². The van der Waals surface area contributed by atoms with E-state index in [-0.39, 0.29) is 35.0 Å². The molecule has 0 spiro atoms. The summed E-state index contributed by atoms with van der Waals surface area (Å²) in [6.45, 7) is 0.933. The van der Waals surface area contributed by atoms with E-state index in [9.17, 15) is 14.0 Å². The van der Waals surface area contributed by atoms with E-state index in [0.29, 0.717) is 17.6 Å². The number of para-hydroxylation sites is 1. The van der Waals surface area contributed by atoms with Crippen LogP contribution in [0.15, 0.2) is 57.7 Å². The molecule has 3 heterocycles. The minimum atomic E-state index is -0.825. The van der Waals surface area contributed by atoms with Crippen LogP contribution in [0.1, 0.15) is 40.6 Å². The van der Waals surface area contributed by atoms with Gasteiger partial charge >= 0.3 is 0 Å². The first-order valence-electron chi connectivity index (χ1n) is 9.38. The lowest BCUT2D eigenvalue weighted by Gasteiger charge is -2.27. The second kappa shape index (κ2) is 6.56. The van der Waals surface area contributed by atoms with Crippen LogP contribution in [0, 0.1) is 5.82 Å². The van der Waals surface area contributed by atoms with E-state index in [2.05, 4.69) is 0 Å². The summed E-state index contributed by atoms with van der Waals surface area (Å²) in [7, 11) is 0. The second-order valence-electron chi connectivity index (χ2n) is 7.19. The minimum absolute atomic E-state index is 0.00468. The van der Waals surface area contributed by atoms with Gasteiger partial charge in [0.1, 0.15) is 11.4 Å². The van der Waals surface area contributed by atoms with Crippen LogP contribution in [0.5, 0.6) is 0 Å². The van der Waals surface area contributed by atoms with Crippen molar-refractivity contribution in [3.8, 4) is 0 Å². The summed E-state index contributed by atoms with van der Waals surface area (Å²) < 4.78 is 26.2. The van der Waals surface area contributed by atoms with Crippen LogP contribution in [-0.4, -0.2) is 30.1 Å². The quantitative estimate of drug-likeness (QED) is 0.697. The molecule has 2 aliphatic rings. The first-order valence-corrected chi connectivity index (χ1v) is 9.38. The Labute approximate surface area is 160 Å². The number of ether oxygens (including phenoxy) is 1. The van der Waals surface area contributed by atoms with Gasteiger partial charge in [-0.15, -0.1) is 0 Å². The van der Waals surface area contributed by atoms with Crippen molar-refractivity contribution in [1.29, 1.82) is 0 Å². The Kier molecular flexibility index (Phi) is 4.02. The summed E-state index contributed by atoms with van der Waals surface area (Å²) >= 11 is 0. The molecule has 6 heteroatoms. The predicted molar refractivity (Wildman–Crippen MR) is 101 cm³/mol. The van der Waals surface area contributed by atoms with Crippen LogP contribution >= 0.6 is 0 Å². The van der Waals surface area contributed by atoms with Crippen molar-refractivity contribution in [2.45, 2.75) is 25.0 Å². The van der Waals surface area contributed by atoms with Crippen molar-refractivity contribution in [1.82, 2.24) is 4.90 Å². The molecule has 0 unspecified atom stereocenters. The topological polar surface area (TPSA) is 59.8 Å². The Hall–Kier alpha value is -2.99. The average molecular weight is 379 g/mol. The molecule has 142 valence electrons. The molecule has 0 bridgehead atoms. The fraction of sp³-hybridized carbons (Fsp3) is 0.273. The molecule has 2 atom stereocenters. The molecule has 5 rings (SSSR count). The molecule has 1 saturated heterocycles. The summed E-state index contributed by atoms with van der Waals surface area (Å²) in [5.41, 5.74) is 0.543. The average Bonchev–Trinajstić information content (AvgIpc) is 3.31. The highest BCUT2D eigenvalue weighted by atomic mass is 19.1. The summed E-state index contributed by atoms with van der Waals surface area (Å²) in [4.78, 5) is 28.0. The first kappa shape index (κ1) is 17.1. The van der Waals surface area contributed by atoms with Crippen LogP contribution in [0.3, 0.4) is 0 Å². The van der Waals surface area contributed by atoms with Crippen molar-refractivity contribution < 1.29 is 18.3 Å². The molecule has 0 saturated carbocycles. The Morgan fingerprint density at radius 3 is 2.64 bits per heavy atom. The molecule has 1 amide bonds. The molecule has 2 aromatic carbocycles. The molecule has 1 fully saturated rings. The number of carbonyl (C=O) groups is 1.